The van der Waals surface area contributed by atoms with Crippen molar-refractivity contribution < 1.29 is 36.9 Å². The highest BCUT2D eigenvalue weighted by Gasteiger charge is 2.23. The number of fused-ring (bicyclic) bond motifs is 1. The second kappa shape index (κ2) is 10.0. The first-order valence-corrected chi connectivity index (χ1v) is 12.7. The number of ether oxygens (including phenoxy) is 4. The average molecular weight is 506 g/mol. The van der Waals surface area contributed by atoms with Crippen LogP contribution in [0.1, 0.15) is 0 Å². The van der Waals surface area contributed by atoms with E-state index in [2.05, 4.69) is 0 Å². The van der Waals surface area contributed by atoms with Crippen LogP contribution in [0.3, 0.4) is 0 Å². The Morgan fingerprint density at radius 2 is 1.69 bits per heavy atom. The summed E-state index contributed by atoms with van der Waals surface area (Å²) >= 11 is 0. The normalized spacial score (nSPS) is 15.6. The van der Waals surface area contributed by atoms with Gasteiger partial charge in [-0.1, -0.05) is 0 Å². The molecule has 0 spiro atoms. The number of aromatic hydroxyl groups is 1. The third-order valence-corrected chi connectivity index (χ3v) is 7.50. The van der Waals surface area contributed by atoms with E-state index in [0.29, 0.717) is 36.7 Å². The zero-order valence-corrected chi connectivity index (χ0v) is 20.5. The maximum Gasteiger partial charge on any atom is 0.204 e. The number of hydrogen-bond donors (Lipinski definition) is 1. The van der Waals surface area contributed by atoms with Crippen molar-refractivity contribution >= 4 is 20.8 Å². The van der Waals surface area contributed by atoms with Crippen LogP contribution >= 0.6 is 0 Å². The highest BCUT2D eigenvalue weighted by molar-refractivity contribution is 7.91. The number of methoxy groups -OCH3 is 3. The maximum atomic E-state index is 12.9. The predicted octanol–water partition coefficient (Wildman–Crippen LogP) is 2.30. The standard InChI is InChI=1S/C24H27NO9S/c1-30-17-5-4-15(12-19(17)31-2)18-13-16(26)22-20(34-18)14-21(24(32-3)23(22)27)33-9-6-25-7-10-35(28,29)11-8-25/h4-5,12-14,27H,6-11H2,1-3H3. The molecule has 0 atom stereocenters. The number of benzene rings is 2. The fourth-order valence-electron chi connectivity index (χ4n) is 3.96. The molecule has 1 aromatic heterocycles. The Labute approximate surface area is 202 Å². The molecule has 0 unspecified atom stereocenters. The number of rotatable bonds is 8. The lowest BCUT2D eigenvalue weighted by Crippen LogP contribution is -2.42. The van der Waals surface area contributed by atoms with Gasteiger partial charge in [-0.3, -0.25) is 9.69 Å². The Morgan fingerprint density at radius 3 is 2.34 bits per heavy atom. The molecule has 2 aromatic carbocycles. The molecule has 0 bridgehead atoms. The van der Waals surface area contributed by atoms with Crippen LogP contribution in [0, 0.1) is 0 Å². The molecule has 1 saturated heterocycles. The van der Waals surface area contributed by atoms with E-state index in [1.54, 1.807) is 18.2 Å². The molecular weight excluding hydrogens is 478 g/mol. The molecule has 2 heterocycles. The molecular formula is C24H27NO9S. The van der Waals surface area contributed by atoms with E-state index in [4.69, 9.17) is 23.4 Å². The van der Waals surface area contributed by atoms with Gasteiger partial charge in [-0.25, -0.2) is 8.42 Å². The van der Waals surface area contributed by atoms with Crippen molar-refractivity contribution in [2.45, 2.75) is 0 Å². The van der Waals surface area contributed by atoms with Gasteiger partial charge in [-0.15, -0.1) is 0 Å². The number of phenols is 1. The summed E-state index contributed by atoms with van der Waals surface area (Å²) in [6.07, 6.45) is 0. The number of hydrogen-bond acceptors (Lipinski definition) is 10. The topological polar surface area (TPSA) is 125 Å². The van der Waals surface area contributed by atoms with E-state index >= 15 is 0 Å². The highest BCUT2D eigenvalue weighted by atomic mass is 32.2. The van der Waals surface area contributed by atoms with Gasteiger partial charge in [-0.05, 0) is 18.2 Å². The summed E-state index contributed by atoms with van der Waals surface area (Å²) in [5.41, 5.74) is 0.257. The molecule has 1 aliphatic heterocycles. The summed E-state index contributed by atoms with van der Waals surface area (Å²) < 4.78 is 50.9. The fraction of sp³-hybridized carbons (Fsp3) is 0.375. The van der Waals surface area contributed by atoms with E-state index in [9.17, 15) is 18.3 Å². The SMILES string of the molecule is COc1ccc(-c2cc(=O)c3c(O)c(OC)c(OCCN4CCS(=O)(=O)CC4)cc3o2)cc1OC. The Bertz CT molecular complexity index is 1380. The van der Waals surface area contributed by atoms with Gasteiger partial charge < -0.3 is 28.5 Å². The Hall–Kier alpha value is -3.44. The Kier molecular flexibility index (Phi) is 7.08. The highest BCUT2D eigenvalue weighted by Crippen LogP contribution is 2.42. The summed E-state index contributed by atoms with van der Waals surface area (Å²) in [6, 6.07) is 7.89. The van der Waals surface area contributed by atoms with Crippen molar-refractivity contribution in [3.63, 3.8) is 0 Å². The number of phenolic OH excluding ortho intramolecular Hbond substituents is 1. The molecule has 0 radical (unpaired) electrons. The number of sulfone groups is 1. The number of nitrogens with zero attached hydrogens (tertiary/aromatic N) is 1. The third-order valence-electron chi connectivity index (χ3n) is 5.89. The van der Waals surface area contributed by atoms with Crippen molar-refractivity contribution in [3.8, 4) is 40.1 Å². The summed E-state index contributed by atoms with van der Waals surface area (Å²) in [4.78, 5) is 14.9. The van der Waals surface area contributed by atoms with Crippen molar-refractivity contribution in [2.75, 3.05) is 59.1 Å². The van der Waals surface area contributed by atoms with E-state index < -0.39 is 15.3 Å². The van der Waals surface area contributed by atoms with Crippen molar-refractivity contribution in [2.24, 2.45) is 0 Å². The van der Waals surface area contributed by atoms with Gasteiger partial charge in [0.2, 0.25) is 5.75 Å². The molecule has 1 N–H and O–H groups in total. The summed E-state index contributed by atoms with van der Waals surface area (Å²) in [6.45, 7) is 1.60. The summed E-state index contributed by atoms with van der Waals surface area (Å²) in [5.74, 6) is 1.36. The van der Waals surface area contributed by atoms with Gasteiger partial charge in [0.05, 0.1) is 32.8 Å². The zero-order valence-electron chi connectivity index (χ0n) is 19.7. The average Bonchev–Trinajstić information content (AvgIpc) is 2.84. The quantitative estimate of drug-likeness (QED) is 0.487. The second-order valence-electron chi connectivity index (χ2n) is 8.02. The molecule has 1 fully saturated rings. The van der Waals surface area contributed by atoms with Gasteiger partial charge in [0, 0.05) is 37.3 Å². The minimum absolute atomic E-state index is 0.0184. The van der Waals surface area contributed by atoms with E-state index in [-0.39, 0.29) is 52.1 Å². The largest absolute Gasteiger partial charge is 0.504 e. The van der Waals surface area contributed by atoms with Gasteiger partial charge >= 0.3 is 0 Å². The van der Waals surface area contributed by atoms with Gasteiger partial charge in [-0.2, -0.15) is 0 Å². The van der Waals surface area contributed by atoms with Crippen LogP contribution in [0.2, 0.25) is 0 Å². The Morgan fingerprint density at radius 1 is 0.971 bits per heavy atom. The fourth-order valence-corrected chi connectivity index (χ4v) is 5.23. The predicted molar refractivity (Wildman–Crippen MR) is 130 cm³/mol. The van der Waals surface area contributed by atoms with Crippen LogP contribution in [0.25, 0.3) is 22.3 Å². The van der Waals surface area contributed by atoms with Crippen LogP contribution in [-0.2, 0) is 9.84 Å². The van der Waals surface area contributed by atoms with E-state index in [0.717, 1.165) is 0 Å². The lowest BCUT2D eigenvalue weighted by molar-refractivity contribution is 0.213. The molecule has 0 amide bonds. The zero-order chi connectivity index (χ0) is 25.2. The lowest BCUT2D eigenvalue weighted by atomic mass is 10.1. The molecule has 35 heavy (non-hydrogen) atoms. The Balaban J connectivity index is 1.64. The van der Waals surface area contributed by atoms with Crippen LogP contribution in [0.4, 0.5) is 0 Å². The van der Waals surface area contributed by atoms with Crippen molar-refractivity contribution in [1.82, 2.24) is 4.90 Å². The van der Waals surface area contributed by atoms with Crippen LogP contribution < -0.4 is 24.4 Å². The lowest BCUT2D eigenvalue weighted by Gasteiger charge is -2.26. The van der Waals surface area contributed by atoms with Crippen molar-refractivity contribution in [3.05, 3.63) is 40.6 Å². The van der Waals surface area contributed by atoms with Gasteiger partial charge in [0.15, 0.2) is 38.3 Å². The monoisotopic (exact) mass is 505 g/mol. The molecule has 0 saturated carbocycles. The smallest absolute Gasteiger partial charge is 0.204 e. The van der Waals surface area contributed by atoms with Crippen LogP contribution in [0.15, 0.2) is 39.5 Å². The van der Waals surface area contributed by atoms with Crippen LogP contribution in [0.5, 0.6) is 28.7 Å². The first kappa shape index (κ1) is 24.7. The maximum absolute atomic E-state index is 12.9. The first-order chi connectivity index (χ1) is 16.8. The second-order valence-corrected chi connectivity index (χ2v) is 10.3. The summed E-state index contributed by atoms with van der Waals surface area (Å²) in [5, 5.41) is 10.7. The molecule has 10 nitrogen and oxygen atoms in total. The van der Waals surface area contributed by atoms with E-state index in [1.165, 1.54) is 33.5 Å². The minimum Gasteiger partial charge on any atom is -0.504 e. The molecule has 11 heteroatoms. The van der Waals surface area contributed by atoms with Crippen LogP contribution in [-0.4, -0.2) is 77.5 Å². The molecule has 3 aromatic rings. The molecule has 1 aliphatic rings. The van der Waals surface area contributed by atoms with Gasteiger partial charge in [0.25, 0.3) is 0 Å². The summed E-state index contributed by atoms with van der Waals surface area (Å²) in [7, 11) is 1.43. The van der Waals surface area contributed by atoms with E-state index in [1.807, 2.05) is 4.90 Å². The minimum atomic E-state index is -2.97. The van der Waals surface area contributed by atoms with Crippen molar-refractivity contribution in [1.29, 1.82) is 0 Å². The molecule has 188 valence electrons. The van der Waals surface area contributed by atoms with Gasteiger partial charge in [0.1, 0.15) is 23.3 Å². The molecule has 0 aliphatic carbocycles. The first-order valence-electron chi connectivity index (χ1n) is 10.9. The molecule has 4 rings (SSSR count). The third kappa shape index (κ3) is 5.15.